The average molecular weight is 282 g/mol. The SMILES string of the molecule is C[C@@H]1C[C@H]1C(=O)Nc1ccc(S(=O)(=O)N(C)C)cc1. The van der Waals surface area contributed by atoms with Crippen LogP contribution in [-0.2, 0) is 14.8 Å². The lowest BCUT2D eigenvalue weighted by atomic mass is 10.3. The molecule has 0 aliphatic heterocycles. The number of hydrogen-bond acceptors (Lipinski definition) is 3. The van der Waals surface area contributed by atoms with Crippen LogP contribution in [0.1, 0.15) is 13.3 Å². The van der Waals surface area contributed by atoms with Crippen molar-refractivity contribution in [1.29, 1.82) is 0 Å². The van der Waals surface area contributed by atoms with E-state index < -0.39 is 10.0 Å². The van der Waals surface area contributed by atoms with Crippen LogP contribution in [0.25, 0.3) is 0 Å². The highest BCUT2D eigenvalue weighted by Crippen LogP contribution is 2.38. The molecule has 1 amide bonds. The van der Waals surface area contributed by atoms with E-state index in [1.165, 1.54) is 26.2 Å². The zero-order valence-corrected chi connectivity index (χ0v) is 12.1. The average Bonchev–Trinajstić information content (AvgIpc) is 3.07. The second kappa shape index (κ2) is 4.94. The predicted octanol–water partition coefficient (Wildman–Crippen LogP) is 1.53. The Morgan fingerprint density at radius 3 is 2.21 bits per heavy atom. The Balaban J connectivity index is 2.09. The predicted molar refractivity (Wildman–Crippen MR) is 73.2 cm³/mol. The van der Waals surface area contributed by atoms with E-state index in [1.807, 2.05) is 6.92 Å². The lowest BCUT2D eigenvalue weighted by Gasteiger charge is -2.12. The Kier molecular flexibility index (Phi) is 3.64. The molecule has 1 saturated carbocycles. The molecule has 0 saturated heterocycles. The highest BCUT2D eigenvalue weighted by Gasteiger charge is 2.39. The van der Waals surface area contributed by atoms with Gasteiger partial charge in [0.25, 0.3) is 0 Å². The zero-order chi connectivity index (χ0) is 14.2. The normalized spacial score (nSPS) is 22.3. The number of sulfonamides is 1. The fraction of sp³-hybridized carbons (Fsp3) is 0.462. The molecule has 0 heterocycles. The first kappa shape index (κ1) is 14.0. The van der Waals surface area contributed by atoms with Crippen molar-refractivity contribution < 1.29 is 13.2 Å². The molecule has 1 aliphatic carbocycles. The van der Waals surface area contributed by atoms with Gasteiger partial charge in [-0.2, -0.15) is 0 Å². The quantitative estimate of drug-likeness (QED) is 0.910. The van der Waals surface area contributed by atoms with E-state index in [2.05, 4.69) is 5.32 Å². The highest BCUT2D eigenvalue weighted by molar-refractivity contribution is 7.89. The molecule has 1 N–H and O–H groups in total. The summed E-state index contributed by atoms with van der Waals surface area (Å²) in [6, 6.07) is 6.23. The van der Waals surface area contributed by atoms with Gasteiger partial charge in [-0.1, -0.05) is 6.92 Å². The van der Waals surface area contributed by atoms with E-state index in [1.54, 1.807) is 12.1 Å². The molecule has 0 aromatic heterocycles. The van der Waals surface area contributed by atoms with Gasteiger partial charge in [0.05, 0.1) is 4.90 Å². The molecule has 104 valence electrons. The Morgan fingerprint density at radius 2 is 1.79 bits per heavy atom. The molecule has 0 bridgehead atoms. The number of carbonyl (C=O) groups is 1. The number of hydrogen-bond donors (Lipinski definition) is 1. The smallest absolute Gasteiger partial charge is 0.242 e. The largest absolute Gasteiger partial charge is 0.326 e. The van der Waals surface area contributed by atoms with E-state index in [4.69, 9.17) is 0 Å². The summed E-state index contributed by atoms with van der Waals surface area (Å²) >= 11 is 0. The molecule has 5 nitrogen and oxygen atoms in total. The molecule has 1 aromatic rings. The first-order valence-corrected chi connectivity index (χ1v) is 7.60. The second-order valence-corrected chi connectivity index (χ2v) is 7.27. The molecular weight excluding hydrogens is 264 g/mol. The number of nitrogens with one attached hydrogen (secondary N) is 1. The van der Waals surface area contributed by atoms with Crippen molar-refractivity contribution in [1.82, 2.24) is 4.31 Å². The van der Waals surface area contributed by atoms with E-state index in [0.717, 1.165) is 10.7 Å². The van der Waals surface area contributed by atoms with E-state index in [0.29, 0.717) is 11.6 Å². The minimum atomic E-state index is -3.41. The first-order chi connectivity index (χ1) is 8.82. The van der Waals surface area contributed by atoms with Gasteiger partial charge in [-0.15, -0.1) is 0 Å². The topological polar surface area (TPSA) is 66.5 Å². The lowest BCUT2D eigenvalue weighted by molar-refractivity contribution is -0.117. The van der Waals surface area contributed by atoms with Gasteiger partial charge in [-0.25, -0.2) is 12.7 Å². The van der Waals surface area contributed by atoms with Crippen molar-refractivity contribution in [2.24, 2.45) is 11.8 Å². The lowest BCUT2D eigenvalue weighted by Crippen LogP contribution is -2.22. The van der Waals surface area contributed by atoms with Crippen molar-refractivity contribution in [3.8, 4) is 0 Å². The van der Waals surface area contributed by atoms with Crippen molar-refractivity contribution in [2.45, 2.75) is 18.2 Å². The van der Waals surface area contributed by atoms with Gasteiger partial charge >= 0.3 is 0 Å². The molecule has 6 heteroatoms. The Labute approximate surface area is 113 Å². The number of nitrogens with zero attached hydrogens (tertiary/aromatic N) is 1. The standard InChI is InChI=1S/C13H18N2O3S/c1-9-8-12(9)13(16)14-10-4-6-11(7-5-10)19(17,18)15(2)3/h4-7,9,12H,8H2,1-3H3,(H,14,16)/t9-,12-/m1/s1. The third-order valence-electron chi connectivity index (χ3n) is 3.35. The minimum Gasteiger partial charge on any atom is -0.326 e. The van der Waals surface area contributed by atoms with E-state index in [-0.39, 0.29) is 16.7 Å². The van der Waals surface area contributed by atoms with Gasteiger partial charge < -0.3 is 5.32 Å². The summed E-state index contributed by atoms with van der Waals surface area (Å²) in [5.41, 5.74) is 0.627. The van der Waals surface area contributed by atoms with Crippen LogP contribution in [0.2, 0.25) is 0 Å². The highest BCUT2D eigenvalue weighted by atomic mass is 32.2. The van der Waals surface area contributed by atoms with Crippen molar-refractivity contribution in [3.05, 3.63) is 24.3 Å². The zero-order valence-electron chi connectivity index (χ0n) is 11.3. The summed E-state index contributed by atoms with van der Waals surface area (Å²) in [6.07, 6.45) is 0.929. The maximum absolute atomic E-state index is 11.9. The number of rotatable bonds is 4. The van der Waals surface area contributed by atoms with E-state index in [9.17, 15) is 13.2 Å². The van der Waals surface area contributed by atoms with Gasteiger partial charge in [-0.05, 0) is 36.6 Å². The third-order valence-corrected chi connectivity index (χ3v) is 5.18. The van der Waals surface area contributed by atoms with Crippen LogP contribution in [0.15, 0.2) is 29.2 Å². The summed E-state index contributed by atoms with van der Waals surface area (Å²) in [7, 11) is -0.443. The fourth-order valence-corrected chi connectivity index (χ4v) is 2.75. The number of carbonyl (C=O) groups excluding carboxylic acids is 1. The molecule has 0 spiro atoms. The van der Waals surface area contributed by atoms with Crippen LogP contribution < -0.4 is 5.32 Å². The van der Waals surface area contributed by atoms with Crippen molar-refractivity contribution in [3.63, 3.8) is 0 Å². The van der Waals surface area contributed by atoms with Crippen molar-refractivity contribution >= 4 is 21.6 Å². The number of benzene rings is 1. The Bertz CT molecular complexity index is 578. The van der Waals surface area contributed by atoms with Crippen LogP contribution in [0.5, 0.6) is 0 Å². The van der Waals surface area contributed by atoms with Crippen molar-refractivity contribution in [2.75, 3.05) is 19.4 Å². The summed E-state index contributed by atoms with van der Waals surface area (Å²) < 4.78 is 24.9. The minimum absolute atomic E-state index is 0.00992. The molecule has 2 rings (SSSR count). The van der Waals surface area contributed by atoms with E-state index >= 15 is 0 Å². The number of amides is 1. The Morgan fingerprint density at radius 1 is 1.26 bits per heavy atom. The second-order valence-electron chi connectivity index (χ2n) is 5.12. The molecule has 1 aromatic carbocycles. The van der Waals surface area contributed by atoms with Gasteiger partial charge in [0, 0.05) is 25.7 Å². The molecular formula is C13H18N2O3S. The van der Waals surface area contributed by atoms with Crippen LogP contribution in [0, 0.1) is 11.8 Å². The maximum atomic E-state index is 11.9. The van der Waals surface area contributed by atoms with Crippen LogP contribution in [0.3, 0.4) is 0 Å². The summed E-state index contributed by atoms with van der Waals surface area (Å²) in [5, 5.41) is 2.79. The molecule has 1 aliphatic rings. The monoisotopic (exact) mass is 282 g/mol. The molecule has 0 unspecified atom stereocenters. The van der Waals surface area contributed by atoms with Gasteiger partial charge in [0.15, 0.2) is 0 Å². The maximum Gasteiger partial charge on any atom is 0.242 e. The summed E-state index contributed by atoms with van der Waals surface area (Å²) in [4.78, 5) is 12.0. The molecule has 1 fully saturated rings. The molecule has 0 radical (unpaired) electrons. The fourth-order valence-electron chi connectivity index (χ4n) is 1.84. The third kappa shape index (κ3) is 2.96. The van der Waals surface area contributed by atoms with Gasteiger partial charge in [0.1, 0.15) is 0 Å². The van der Waals surface area contributed by atoms with Crippen LogP contribution in [0.4, 0.5) is 5.69 Å². The van der Waals surface area contributed by atoms with Crippen LogP contribution in [-0.4, -0.2) is 32.7 Å². The van der Waals surface area contributed by atoms with Gasteiger partial charge in [-0.3, -0.25) is 4.79 Å². The van der Waals surface area contributed by atoms with Gasteiger partial charge in [0.2, 0.25) is 15.9 Å². The summed E-state index contributed by atoms with van der Waals surface area (Å²) in [6.45, 7) is 2.04. The summed E-state index contributed by atoms with van der Waals surface area (Å²) in [5.74, 6) is 0.564. The first-order valence-electron chi connectivity index (χ1n) is 6.16. The van der Waals surface area contributed by atoms with Crippen LogP contribution >= 0.6 is 0 Å². The Hall–Kier alpha value is -1.40. The molecule has 2 atom stereocenters. The molecule has 19 heavy (non-hydrogen) atoms. The number of anilines is 1.